The lowest BCUT2D eigenvalue weighted by atomic mass is 10.2. The molecule has 146 valence electrons. The minimum atomic E-state index is -0.283. The number of fused-ring (bicyclic) bond motifs is 1. The summed E-state index contributed by atoms with van der Waals surface area (Å²) in [6.07, 6.45) is 1.63. The standard InChI is InChI=1S/C24H14ClFN2O2/c25-17-3-1-2-16(12-17)24-28-21-13-19(8-10-23(21)30-24)27-14-20-9-11-22(29-20)15-4-6-18(26)7-5-15/h1-14H. The zero-order valence-electron chi connectivity index (χ0n) is 15.5. The van der Waals surface area contributed by atoms with Crippen LogP contribution in [0.15, 0.2) is 92.7 Å². The maximum absolute atomic E-state index is 13.1. The molecule has 2 heterocycles. The van der Waals surface area contributed by atoms with Crippen molar-refractivity contribution in [3.8, 4) is 22.8 Å². The van der Waals surface area contributed by atoms with Crippen LogP contribution in [0.3, 0.4) is 0 Å². The van der Waals surface area contributed by atoms with E-state index in [-0.39, 0.29) is 5.82 Å². The van der Waals surface area contributed by atoms with E-state index in [9.17, 15) is 4.39 Å². The van der Waals surface area contributed by atoms with E-state index >= 15 is 0 Å². The first kappa shape index (κ1) is 18.3. The normalized spacial score (nSPS) is 11.5. The minimum Gasteiger partial charge on any atom is -0.455 e. The van der Waals surface area contributed by atoms with Gasteiger partial charge in [0, 0.05) is 16.1 Å². The molecule has 0 N–H and O–H groups in total. The van der Waals surface area contributed by atoms with Gasteiger partial charge < -0.3 is 8.83 Å². The van der Waals surface area contributed by atoms with Crippen molar-refractivity contribution in [3.05, 3.63) is 95.5 Å². The Morgan fingerprint density at radius 3 is 2.57 bits per heavy atom. The van der Waals surface area contributed by atoms with Gasteiger partial charge in [0.25, 0.3) is 0 Å². The van der Waals surface area contributed by atoms with Crippen molar-refractivity contribution >= 4 is 34.6 Å². The molecule has 0 amide bonds. The Labute approximate surface area is 176 Å². The number of rotatable bonds is 4. The van der Waals surface area contributed by atoms with E-state index in [4.69, 9.17) is 20.4 Å². The number of aliphatic imine (C=N–C) groups is 1. The van der Waals surface area contributed by atoms with Crippen molar-refractivity contribution < 1.29 is 13.2 Å². The van der Waals surface area contributed by atoms with E-state index in [0.29, 0.717) is 39.2 Å². The molecule has 2 aromatic heterocycles. The Bertz CT molecular complexity index is 1370. The van der Waals surface area contributed by atoms with Gasteiger partial charge >= 0.3 is 0 Å². The summed E-state index contributed by atoms with van der Waals surface area (Å²) in [4.78, 5) is 9.00. The summed E-state index contributed by atoms with van der Waals surface area (Å²) in [7, 11) is 0. The van der Waals surface area contributed by atoms with Crippen LogP contribution in [0.25, 0.3) is 33.9 Å². The van der Waals surface area contributed by atoms with Gasteiger partial charge in [0.2, 0.25) is 5.89 Å². The summed E-state index contributed by atoms with van der Waals surface area (Å²) >= 11 is 6.05. The fourth-order valence-corrected chi connectivity index (χ4v) is 3.26. The molecule has 0 saturated carbocycles. The monoisotopic (exact) mass is 416 g/mol. The van der Waals surface area contributed by atoms with Gasteiger partial charge in [0.15, 0.2) is 5.58 Å². The van der Waals surface area contributed by atoms with Crippen LogP contribution in [0, 0.1) is 5.82 Å². The van der Waals surface area contributed by atoms with Crippen LogP contribution in [-0.2, 0) is 0 Å². The van der Waals surface area contributed by atoms with Crippen LogP contribution in [0.1, 0.15) is 5.76 Å². The molecule has 0 saturated heterocycles. The van der Waals surface area contributed by atoms with Gasteiger partial charge in [-0.05, 0) is 72.8 Å². The van der Waals surface area contributed by atoms with Crippen molar-refractivity contribution in [1.82, 2.24) is 4.98 Å². The molecule has 30 heavy (non-hydrogen) atoms. The minimum absolute atomic E-state index is 0.283. The van der Waals surface area contributed by atoms with Gasteiger partial charge in [-0.2, -0.15) is 0 Å². The van der Waals surface area contributed by atoms with Gasteiger partial charge in [0.05, 0.1) is 11.9 Å². The first-order valence-electron chi connectivity index (χ1n) is 9.20. The fraction of sp³-hybridized carbons (Fsp3) is 0. The molecule has 0 aliphatic carbocycles. The summed E-state index contributed by atoms with van der Waals surface area (Å²) in [6.45, 7) is 0. The number of oxazole rings is 1. The molecule has 0 unspecified atom stereocenters. The second-order valence-electron chi connectivity index (χ2n) is 6.65. The van der Waals surface area contributed by atoms with E-state index < -0.39 is 0 Å². The van der Waals surface area contributed by atoms with E-state index in [0.717, 1.165) is 11.1 Å². The van der Waals surface area contributed by atoms with Crippen LogP contribution in [0.2, 0.25) is 5.02 Å². The molecule has 0 bridgehead atoms. The third-order valence-electron chi connectivity index (χ3n) is 4.54. The number of furan rings is 1. The highest BCUT2D eigenvalue weighted by Crippen LogP contribution is 2.28. The first-order valence-corrected chi connectivity index (χ1v) is 9.58. The quantitative estimate of drug-likeness (QED) is 0.289. The van der Waals surface area contributed by atoms with Gasteiger partial charge in [-0.25, -0.2) is 9.37 Å². The van der Waals surface area contributed by atoms with E-state index in [1.165, 1.54) is 12.1 Å². The van der Waals surface area contributed by atoms with E-state index in [1.54, 1.807) is 30.5 Å². The third kappa shape index (κ3) is 3.75. The Kier molecular flexibility index (Phi) is 4.65. The Morgan fingerprint density at radius 1 is 0.867 bits per heavy atom. The zero-order chi connectivity index (χ0) is 20.5. The van der Waals surface area contributed by atoms with Crippen LogP contribution >= 0.6 is 11.6 Å². The third-order valence-corrected chi connectivity index (χ3v) is 4.77. The summed E-state index contributed by atoms with van der Waals surface area (Å²) in [5.41, 5.74) is 3.70. The molecular formula is C24H14ClFN2O2. The van der Waals surface area contributed by atoms with Gasteiger partial charge in [-0.1, -0.05) is 17.7 Å². The molecule has 0 spiro atoms. The number of nitrogens with zero attached hydrogens (tertiary/aromatic N) is 2. The zero-order valence-corrected chi connectivity index (χ0v) is 16.3. The highest BCUT2D eigenvalue weighted by molar-refractivity contribution is 6.30. The van der Waals surface area contributed by atoms with Crippen molar-refractivity contribution in [2.45, 2.75) is 0 Å². The Hall–Kier alpha value is -3.70. The summed E-state index contributed by atoms with van der Waals surface area (Å²) in [5.74, 6) is 1.46. The first-order chi connectivity index (χ1) is 14.6. The molecule has 0 fully saturated rings. The molecule has 0 aliphatic heterocycles. The largest absolute Gasteiger partial charge is 0.455 e. The molecule has 0 atom stereocenters. The maximum Gasteiger partial charge on any atom is 0.227 e. The molecule has 6 heteroatoms. The van der Waals surface area contributed by atoms with E-state index in [1.807, 2.05) is 42.5 Å². The van der Waals surface area contributed by atoms with Crippen molar-refractivity contribution in [2.75, 3.05) is 0 Å². The maximum atomic E-state index is 13.1. The highest BCUT2D eigenvalue weighted by atomic mass is 35.5. The lowest BCUT2D eigenvalue weighted by molar-refractivity contribution is 0.574. The lowest BCUT2D eigenvalue weighted by Crippen LogP contribution is -1.77. The number of hydrogen-bond acceptors (Lipinski definition) is 4. The topological polar surface area (TPSA) is 51.5 Å². The lowest BCUT2D eigenvalue weighted by Gasteiger charge is -1.96. The molecule has 0 radical (unpaired) electrons. The van der Waals surface area contributed by atoms with Crippen molar-refractivity contribution in [1.29, 1.82) is 0 Å². The summed E-state index contributed by atoms with van der Waals surface area (Å²) < 4.78 is 24.7. The highest BCUT2D eigenvalue weighted by Gasteiger charge is 2.09. The Morgan fingerprint density at radius 2 is 1.73 bits per heavy atom. The second-order valence-corrected chi connectivity index (χ2v) is 7.08. The predicted octanol–water partition coefficient (Wildman–Crippen LogP) is 7.30. The van der Waals surface area contributed by atoms with Crippen molar-refractivity contribution in [3.63, 3.8) is 0 Å². The molecular weight excluding hydrogens is 403 g/mol. The summed E-state index contributed by atoms with van der Waals surface area (Å²) in [6, 6.07) is 22.6. The smallest absolute Gasteiger partial charge is 0.227 e. The molecule has 5 aromatic rings. The van der Waals surface area contributed by atoms with Crippen LogP contribution in [0.5, 0.6) is 0 Å². The summed E-state index contributed by atoms with van der Waals surface area (Å²) in [5, 5.41) is 0.624. The number of hydrogen-bond donors (Lipinski definition) is 0. The predicted molar refractivity (Wildman–Crippen MR) is 116 cm³/mol. The SMILES string of the molecule is Fc1ccc(-c2ccc(C=Nc3ccc4oc(-c5cccc(Cl)c5)nc4c3)o2)cc1. The van der Waals surface area contributed by atoms with Gasteiger partial charge in [-0.3, -0.25) is 4.99 Å². The molecule has 0 aliphatic rings. The van der Waals surface area contributed by atoms with Crippen LogP contribution < -0.4 is 0 Å². The average molecular weight is 417 g/mol. The van der Waals surface area contributed by atoms with Crippen LogP contribution in [-0.4, -0.2) is 11.2 Å². The van der Waals surface area contributed by atoms with E-state index in [2.05, 4.69) is 9.98 Å². The number of benzene rings is 3. The molecule has 5 rings (SSSR count). The van der Waals surface area contributed by atoms with Gasteiger partial charge in [0.1, 0.15) is 22.9 Å². The molecule has 3 aromatic carbocycles. The second kappa shape index (κ2) is 7.61. The van der Waals surface area contributed by atoms with Gasteiger partial charge in [-0.15, -0.1) is 0 Å². The number of aromatic nitrogens is 1. The molecule has 4 nitrogen and oxygen atoms in total. The fourth-order valence-electron chi connectivity index (χ4n) is 3.07. The van der Waals surface area contributed by atoms with Crippen molar-refractivity contribution in [2.24, 2.45) is 4.99 Å². The average Bonchev–Trinajstić information content (AvgIpc) is 3.39. The van der Waals surface area contributed by atoms with Crippen LogP contribution in [0.4, 0.5) is 10.1 Å². The Balaban J connectivity index is 1.39. The number of halogens is 2.